The number of methoxy groups -OCH3 is 1. The Bertz CT molecular complexity index is 591. The predicted molar refractivity (Wildman–Crippen MR) is 69.7 cm³/mol. The van der Waals surface area contributed by atoms with Crippen LogP contribution in [-0.2, 0) is 6.42 Å². The summed E-state index contributed by atoms with van der Waals surface area (Å²) in [7, 11) is 1.58. The van der Waals surface area contributed by atoms with Crippen molar-refractivity contribution < 1.29 is 4.74 Å². The molecule has 6 heteroatoms. The van der Waals surface area contributed by atoms with Crippen LogP contribution in [0.25, 0.3) is 5.69 Å². The molecule has 0 spiro atoms. The molecule has 1 N–H and O–H groups in total. The van der Waals surface area contributed by atoms with Crippen LogP contribution in [0, 0.1) is 4.77 Å². The molecule has 0 bridgehead atoms. The number of nitrogens with one attached hydrogen (secondary N) is 1. The molecule has 1 heterocycles. The van der Waals surface area contributed by atoms with Crippen molar-refractivity contribution in [1.29, 1.82) is 0 Å². The first kappa shape index (κ1) is 12.1. The van der Waals surface area contributed by atoms with Crippen molar-refractivity contribution in [2.45, 2.75) is 13.3 Å². The average molecular weight is 270 g/mol. The van der Waals surface area contributed by atoms with Gasteiger partial charge in [0.1, 0.15) is 11.6 Å². The Balaban J connectivity index is 2.60. The summed E-state index contributed by atoms with van der Waals surface area (Å²) in [4.78, 5) is 0. The van der Waals surface area contributed by atoms with Crippen molar-refractivity contribution in [3.8, 4) is 11.4 Å². The lowest BCUT2D eigenvalue weighted by atomic mass is 10.3. The largest absolute Gasteiger partial charge is 0.495 e. The van der Waals surface area contributed by atoms with Gasteiger partial charge in [-0.3, -0.25) is 9.67 Å². The van der Waals surface area contributed by atoms with E-state index in [9.17, 15) is 0 Å². The molecular weight excluding hydrogens is 258 g/mol. The van der Waals surface area contributed by atoms with Crippen molar-refractivity contribution in [3.63, 3.8) is 0 Å². The summed E-state index contributed by atoms with van der Waals surface area (Å²) in [6.07, 6.45) is 0.790. The van der Waals surface area contributed by atoms with Crippen molar-refractivity contribution >= 4 is 23.8 Å². The smallest absolute Gasteiger partial charge is 0.199 e. The zero-order valence-electron chi connectivity index (χ0n) is 9.53. The van der Waals surface area contributed by atoms with Crippen molar-refractivity contribution in [2.75, 3.05) is 7.11 Å². The van der Waals surface area contributed by atoms with Gasteiger partial charge in [-0.25, -0.2) is 0 Å². The highest BCUT2D eigenvalue weighted by Crippen LogP contribution is 2.27. The molecule has 1 aromatic carbocycles. The van der Waals surface area contributed by atoms with E-state index in [2.05, 4.69) is 10.2 Å². The molecule has 4 nitrogen and oxygen atoms in total. The number of aryl methyl sites for hydroxylation is 1. The third kappa shape index (κ3) is 2.21. The van der Waals surface area contributed by atoms with E-state index < -0.39 is 0 Å². The van der Waals surface area contributed by atoms with Gasteiger partial charge in [-0.1, -0.05) is 18.5 Å². The minimum atomic E-state index is 0.561. The van der Waals surface area contributed by atoms with Crippen LogP contribution in [0.3, 0.4) is 0 Å². The molecule has 2 rings (SSSR count). The Labute approximate surface area is 109 Å². The molecule has 0 saturated heterocycles. The van der Waals surface area contributed by atoms with Crippen molar-refractivity contribution in [2.24, 2.45) is 0 Å². The number of H-pyrrole nitrogens is 1. The van der Waals surface area contributed by atoms with Crippen LogP contribution < -0.4 is 4.74 Å². The quantitative estimate of drug-likeness (QED) is 0.871. The maximum atomic E-state index is 5.99. The SMILES string of the molecule is CCc1n[nH]c(=S)n1-c1ccc(Cl)c(OC)c1. The van der Waals surface area contributed by atoms with Gasteiger partial charge in [-0.05, 0) is 24.4 Å². The van der Waals surface area contributed by atoms with Gasteiger partial charge in [0.25, 0.3) is 0 Å². The second-order valence-corrected chi connectivity index (χ2v) is 4.25. The minimum absolute atomic E-state index is 0.561. The molecule has 0 atom stereocenters. The molecule has 0 unspecified atom stereocenters. The molecule has 17 heavy (non-hydrogen) atoms. The van der Waals surface area contributed by atoms with Gasteiger partial charge in [-0.2, -0.15) is 5.10 Å². The third-order valence-corrected chi connectivity index (χ3v) is 3.04. The highest BCUT2D eigenvalue weighted by Gasteiger charge is 2.09. The van der Waals surface area contributed by atoms with Crippen molar-refractivity contribution in [3.05, 3.63) is 33.8 Å². The highest BCUT2D eigenvalue weighted by atomic mass is 35.5. The molecule has 1 aromatic heterocycles. The Kier molecular flexibility index (Phi) is 3.49. The van der Waals surface area contributed by atoms with Crippen LogP contribution in [0.4, 0.5) is 0 Å². The first-order valence-electron chi connectivity index (χ1n) is 5.17. The summed E-state index contributed by atoms with van der Waals surface area (Å²) < 4.78 is 7.62. The lowest BCUT2D eigenvalue weighted by molar-refractivity contribution is 0.415. The van der Waals surface area contributed by atoms with Gasteiger partial charge in [0.05, 0.1) is 17.8 Å². The molecule has 90 valence electrons. The number of benzene rings is 1. The number of aromatic amines is 1. The predicted octanol–water partition coefficient (Wildman–Crippen LogP) is 3.15. The summed E-state index contributed by atoms with van der Waals surface area (Å²) in [5.41, 5.74) is 0.891. The van der Waals surface area contributed by atoms with Gasteiger partial charge in [0.15, 0.2) is 4.77 Å². The molecule has 0 aliphatic carbocycles. The third-order valence-electron chi connectivity index (χ3n) is 2.45. The first-order chi connectivity index (χ1) is 8.17. The number of hydrogen-bond donors (Lipinski definition) is 1. The highest BCUT2D eigenvalue weighted by molar-refractivity contribution is 7.71. The van der Waals surface area contributed by atoms with Crippen LogP contribution >= 0.6 is 23.8 Å². The van der Waals surface area contributed by atoms with Gasteiger partial charge < -0.3 is 4.74 Å². The van der Waals surface area contributed by atoms with E-state index in [4.69, 9.17) is 28.6 Å². The van der Waals surface area contributed by atoms with Crippen LogP contribution in [0.2, 0.25) is 5.02 Å². The van der Waals surface area contributed by atoms with Crippen LogP contribution in [0.15, 0.2) is 18.2 Å². The summed E-state index contributed by atoms with van der Waals surface area (Å²) in [5, 5.41) is 7.51. The number of ether oxygens (including phenoxy) is 1. The van der Waals surface area contributed by atoms with Gasteiger partial charge in [-0.15, -0.1) is 0 Å². The summed E-state index contributed by atoms with van der Waals surface area (Å²) in [6.45, 7) is 2.02. The normalized spacial score (nSPS) is 10.5. The van der Waals surface area contributed by atoms with Crippen LogP contribution in [0.5, 0.6) is 5.75 Å². The standard InChI is InChI=1S/C11H12ClN3OS/c1-3-10-13-14-11(17)15(10)7-4-5-8(12)9(6-7)16-2/h4-6H,3H2,1-2H3,(H,14,17). The van der Waals surface area contributed by atoms with E-state index in [1.165, 1.54) is 0 Å². The second-order valence-electron chi connectivity index (χ2n) is 3.45. The topological polar surface area (TPSA) is 42.8 Å². The molecule has 0 fully saturated rings. The Hall–Kier alpha value is -1.33. The van der Waals surface area contributed by atoms with E-state index in [0.29, 0.717) is 15.5 Å². The van der Waals surface area contributed by atoms with Crippen LogP contribution in [-0.4, -0.2) is 21.9 Å². The summed E-state index contributed by atoms with van der Waals surface area (Å²) in [6, 6.07) is 5.51. The van der Waals surface area contributed by atoms with Crippen LogP contribution in [0.1, 0.15) is 12.7 Å². The lowest BCUT2D eigenvalue weighted by Crippen LogP contribution is -2.00. The number of hydrogen-bond acceptors (Lipinski definition) is 3. The average Bonchev–Trinajstić information content (AvgIpc) is 2.71. The second kappa shape index (κ2) is 4.89. The number of halogens is 1. The van der Waals surface area contributed by atoms with E-state index >= 15 is 0 Å². The number of nitrogens with zero attached hydrogens (tertiary/aromatic N) is 2. The zero-order chi connectivity index (χ0) is 12.4. The number of rotatable bonds is 3. The molecule has 0 radical (unpaired) electrons. The van der Waals surface area contributed by atoms with E-state index in [1.807, 2.05) is 23.6 Å². The Morgan fingerprint density at radius 3 is 2.94 bits per heavy atom. The van der Waals surface area contributed by atoms with Gasteiger partial charge in [0, 0.05) is 12.5 Å². The van der Waals surface area contributed by atoms with E-state index in [0.717, 1.165) is 17.9 Å². The van der Waals surface area contributed by atoms with E-state index in [-0.39, 0.29) is 0 Å². The molecule has 0 aliphatic heterocycles. The fourth-order valence-corrected chi connectivity index (χ4v) is 2.07. The summed E-state index contributed by atoms with van der Waals surface area (Å²) in [5.74, 6) is 1.49. The molecule has 0 aliphatic rings. The monoisotopic (exact) mass is 269 g/mol. The lowest BCUT2D eigenvalue weighted by Gasteiger charge is -2.08. The summed E-state index contributed by atoms with van der Waals surface area (Å²) >= 11 is 11.2. The number of aromatic nitrogens is 3. The van der Waals surface area contributed by atoms with Gasteiger partial charge in [0.2, 0.25) is 0 Å². The zero-order valence-corrected chi connectivity index (χ0v) is 11.1. The fourth-order valence-electron chi connectivity index (χ4n) is 1.62. The molecular formula is C11H12ClN3OS. The maximum Gasteiger partial charge on any atom is 0.199 e. The molecule has 0 saturated carbocycles. The first-order valence-corrected chi connectivity index (χ1v) is 5.96. The fraction of sp³-hybridized carbons (Fsp3) is 0.273. The van der Waals surface area contributed by atoms with E-state index in [1.54, 1.807) is 13.2 Å². The Morgan fingerprint density at radius 2 is 2.29 bits per heavy atom. The maximum absolute atomic E-state index is 5.99. The van der Waals surface area contributed by atoms with Gasteiger partial charge >= 0.3 is 0 Å². The Morgan fingerprint density at radius 1 is 1.53 bits per heavy atom. The molecule has 0 amide bonds. The van der Waals surface area contributed by atoms with Crippen molar-refractivity contribution in [1.82, 2.24) is 14.8 Å². The molecule has 2 aromatic rings. The minimum Gasteiger partial charge on any atom is -0.495 e.